The van der Waals surface area contributed by atoms with Crippen molar-refractivity contribution in [3.63, 3.8) is 0 Å². The molecule has 7 heteroatoms. The van der Waals surface area contributed by atoms with Gasteiger partial charge in [0.05, 0.1) is 23.5 Å². The van der Waals surface area contributed by atoms with Crippen LogP contribution in [0.25, 0.3) is 0 Å². The summed E-state index contributed by atoms with van der Waals surface area (Å²) in [6, 6.07) is 12.9. The molecule has 0 saturated heterocycles. The molecule has 1 aliphatic rings. The minimum atomic E-state index is -0.627. The topological polar surface area (TPSA) is 95.9 Å². The summed E-state index contributed by atoms with van der Waals surface area (Å²) in [5.74, 6) is -1.21. The lowest BCUT2D eigenvalue weighted by Crippen LogP contribution is -2.41. The molecule has 2 N–H and O–H groups in total. The van der Waals surface area contributed by atoms with Crippen molar-refractivity contribution in [2.45, 2.75) is 26.0 Å². The summed E-state index contributed by atoms with van der Waals surface area (Å²) in [4.78, 5) is 38.4. The van der Waals surface area contributed by atoms with Gasteiger partial charge in [-0.25, -0.2) is 4.79 Å². The molecule has 140 valence electrons. The van der Waals surface area contributed by atoms with E-state index in [9.17, 15) is 14.4 Å². The van der Waals surface area contributed by atoms with Crippen molar-refractivity contribution in [1.82, 2.24) is 0 Å². The number of benzene rings is 2. The molecule has 2 amide bonds. The number of carbonyl (C=O) groups excluding carboxylic acids is 3. The third-order valence-electron chi connectivity index (χ3n) is 4.33. The molecule has 1 aliphatic heterocycles. The Morgan fingerprint density at radius 1 is 1.19 bits per heavy atom. The molecule has 7 nitrogen and oxygen atoms in total. The van der Waals surface area contributed by atoms with Gasteiger partial charge in [0.15, 0.2) is 6.61 Å². The van der Waals surface area contributed by atoms with E-state index in [2.05, 4.69) is 5.32 Å². The third kappa shape index (κ3) is 4.15. The minimum absolute atomic E-state index is 0.118. The number of para-hydroxylation sites is 2. The molecule has 0 aliphatic carbocycles. The first-order valence-corrected chi connectivity index (χ1v) is 8.57. The van der Waals surface area contributed by atoms with Gasteiger partial charge in [-0.2, -0.15) is 0 Å². The first-order chi connectivity index (χ1) is 13.0. The van der Waals surface area contributed by atoms with Crippen molar-refractivity contribution in [1.29, 1.82) is 0 Å². The normalized spacial score (nSPS) is 16.1. The number of hydrogen-bond donors (Lipinski definition) is 2. The smallest absolute Gasteiger partial charge is 0.338 e. The van der Waals surface area contributed by atoms with Crippen LogP contribution in [0.4, 0.5) is 11.4 Å². The number of amides is 2. The van der Waals surface area contributed by atoms with Crippen LogP contribution in [-0.2, 0) is 20.9 Å². The Morgan fingerprint density at radius 2 is 1.89 bits per heavy atom. The number of fused-ring (bicyclic) bond motifs is 1. The van der Waals surface area contributed by atoms with Crippen molar-refractivity contribution >= 4 is 29.2 Å². The Kier molecular flexibility index (Phi) is 5.52. The van der Waals surface area contributed by atoms with Gasteiger partial charge in [0.25, 0.3) is 5.91 Å². The Labute approximate surface area is 156 Å². The molecule has 1 atom stereocenters. The average Bonchev–Trinajstić information content (AvgIpc) is 2.80. The maximum atomic E-state index is 12.7. The molecule has 2 aromatic carbocycles. The van der Waals surface area contributed by atoms with E-state index in [-0.39, 0.29) is 25.0 Å². The number of esters is 1. The lowest BCUT2D eigenvalue weighted by Gasteiger charge is -2.27. The summed E-state index contributed by atoms with van der Waals surface area (Å²) in [5.41, 5.74) is 2.09. The number of anilines is 2. The van der Waals surface area contributed by atoms with Gasteiger partial charge in [-0.15, -0.1) is 0 Å². The third-order valence-corrected chi connectivity index (χ3v) is 4.33. The van der Waals surface area contributed by atoms with Crippen LogP contribution in [0.1, 0.15) is 29.3 Å². The van der Waals surface area contributed by atoms with Gasteiger partial charge in [0, 0.05) is 12.5 Å². The number of nitrogens with zero attached hydrogens (tertiary/aromatic N) is 1. The second-order valence-corrected chi connectivity index (χ2v) is 6.31. The molecule has 27 heavy (non-hydrogen) atoms. The van der Waals surface area contributed by atoms with E-state index in [1.165, 1.54) is 17.0 Å². The molecule has 0 saturated carbocycles. The van der Waals surface area contributed by atoms with Gasteiger partial charge < -0.3 is 20.1 Å². The predicted octanol–water partition coefficient (Wildman–Crippen LogP) is 2.10. The highest BCUT2D eigenvalue weighted by Crippen LogP contribution is 2.31. The van der Waals surface area contributed by atoms with Crippen molar-refractivity contribution in [2.24, 2.45) is 0 Å². The SMILES string of the molecule is C[C@H]1CC(=O)Nc2ccccc2N1C(=O)COC(=O)c1ccc(CO)cc1. The van der Waals surface area contributed by atoms with Gasteiger partial charge in [0.2, 0.25) is 5.91 Å². The molecular weight excluding hydrogens is 348 g/mol. The molecule has 1 heterocycles. The Balaban J connectivity index is 1.72. The lowest BCUT2D eigenvalue weighted by atomic mass is 10.1. The number of rotatable bonds is 4. The summed E-state index contributed by atoms with van der Waals surface area (Å²) in [6.45, 7) is 1.22. The van der Waals surface area contributed by atoms with E-state index >= 15 is 0 Å². The van der Waals surface area contributed by atoms with Crippen LogP contribution in [0.15, 0.2) is 48.5 Å². The highest BCUT2D eigenvalue weighted by molar-refractivity contribution is 6.05. The first-order valence-electron chi connectivity index (χ1n) is 8.57. The highest BCUT2D eigenvalue weighted by Gasteiger charge is 2.30. The van der Waals surface area contributed by atoms with E-state index in [0.29, 0.717) is 22.5 Å². The van der Waals surface area contributed by atoms with Crippen molar-refractivity contribution in [2.75, 3.05) is 16.8 Å². The second kappa shape index (κ2) is 8.01. The Hall–Kier alpha value is -3.19. The molecule has 0 fully saturated rings. The van der Waals surface area contributed by atoms with E-state index in [4.69, 9.17) is 9.84 Å². The molecule has 2 aromatic rings. The summed E-state index contributed by atoms with van der Waals surface area (Å²) in [7, 11) is 0. The van der Waals surface area contributed by atoms with Gasteiger partial charge in [-0.1, -0.05) is 24.3 Å². The van der Waals surface area contributed by atoms with E-state index < -0.39 is 18.5 Å². The van der Waals surface area contributed by atoms with Crippen molar-refractivity contribution in [3.8, 4) is 0 Å². The molecule has 0 spiro atoms. The molecule has 0 aromatic heterocycles. The maximum absolute atomic E-state index is 12.7. The van der Waals surface area contributed by atoms with Crippen molar-refractivity contribution in [3.05, 3.63) is 59.7 Å². The minimum Gasteiger partial charge on any atom is -0.452 e. The van der Waals surface area contributed by atoms with Gasteiger partial charge in [-0.05, 0) is 36.8 Å². The van der Waals surface area contributed by atoms with Crippen LogP contribution in [0.5, 0.6) is 0 Å². The van der Waals surface area contributed by atoms with Crippen LogP contribution < -0.4 is 10.2 Å². The van der Waals surface area contributed by atoms with E-state index in [1.807, 2.05) is 0 Å². The highest BCUT2D eigenvalue weighted by atomic mass is 16.5. The van der Waals surface area contributed by atoms with Gasteiger partial charge in [-0.3, -0.25) is 9.59 Å². The summed E-state index contributed by atoms with van der Waals surface area (Å²) < 4.78 is 5.15. The Morgan fingerprint density at radius 3 is 2.59 bits per heavy atom. The standard InChI is InChI=1S/C20H20N2O5/c1-13-10-18(24)21-16-4-2-3-5-17(16)22(13)19(25)12-27-20(26)15-8-6-14(11-23)7-9-15/h2-9,13,23H,10-12H2,1H3,(H,21,24)/t13-/m0/s1. The fourth-order valence-corrected chi connectivity index (χ4v) is 2.99. The fourth-order valence-electron chi connectivity index (χ4n) is 2.99. The molecule has 3 rings (SSSR count). The van der Waals surface area contributed by atoms with Crippen LogP contribution in [-0.4, -0.2) is 35.5 Å². The van der Waals surface area contributed by atoms with E-state index in [0.717, 1.165) is 0 Å². The largest absolute Gasteiger partial charge is 0.452 e. The molecule has 0 bridgehead atoms. The van der Waals surface area contributed by atoms with Gasteiger partial charge >= 0.3 is 5.97 Å². The number of carbonyl (C=O) groups is 3. The first kappa shape index (κ1) is 18.6. The van der Waals surface area contributed by atoms with Crippen molar-refractivity contribution < 1.29 is 24.2 Å². The van der Waals surface area contributed by atoms with Crippen LogP contribution in [0.3, 0.4) is 0 Å². The zero-order chi connectivity index (χ0) is 19.4. The summed E-state index contributed by atoms with van der Waals surface area (Å²) in [5, 5.41) is 11.8. The van der Waals surface area contributed by atoms with E-state index in [1.54, 1.807) is 43.3 Å². The molecule has 0 unspecified atom stereocenters. The van der Waals surface area contributed by atoms with Crippen LogP contribution in [0.2, 0.25) is 0 Å². The van der Waals surface area contributed by atoms with Crippen LogP contribution >= 0.6 is 0 Å². The maximum Gasteiger partial charge on any atom is 0.338 e. The van der Waals surface area contributed by atoms with Crippen LogP contribution in [0, 0.1) is 0 Å². The van der Waals surface area contributed by atoms with Gasteiger partial charge in [0.1, 0.15) is 0 Å². The molecule has 0 radical (unpaired) electrons. The number of nitrogens with one attached hydrogen (secondary N) is 1. The zero-order valence-electron chi connectivity index (χ0n) is 14.8. The average molecular weight is 368 g/mol. The summed E-state index contributed by atoms with van der Waals surface area (Å²) >= 11 is 0. The number of aliphatic hydroxyl groups is 1. The lowest BCUT2D eigenvalue weighted by molar-refractivity contribution is -0.122. The number of ether oxygens (including phenoxy) is 1. The fraction of sp³-hybridized carbons (Fsp3) is 0.250. The zero-order valence-corrected chi connectivity index (χ0v) is 14.8. The second-order valence-electron chi connectivity index (χ2n) is 6.31. The number of aliphatic hydroxyl groups excluding tert-OH is 1. The number of hydrogen-bond acceptors (Lipinski definition) is 5. The quantitative estimate of drug-likeness (QED) is 0.806. The summed E-state index contributed by atoms with van der Waals surface area (Å²) in [6.07, 6.45) is 0.150. The Bertz CT molecular complexity index is 863. The predicted molar refractivity (Wildman–Crippen MR) is 99.3 cm³/mol. The molecular formula is C20H20N2O5. The monoisotopic (exact) mass is 368 g/mol.